The van der Waals surface area contributed by atoms with Gasteiger partial charge in [-0.3, -0.25) is 14.8 Å². The van der Waals surface area contributed by atoms with E-state index in [1.54, 1.807) is 18.6 Å². The van der Waals surface area contributed by atoms with Gasteiger partial charge in [-0.1, -0.05) is 13.3 Å². The van der Waals surface area contributed by atoms with E-state index in [-0.39, 0.29) is 5.91 Å². The SMILES string of the molecule is CCNCc1c(C)[nH]c(C=C2C(=O)NN=C2c2cnccn2)c1C1CCC1. The van der Waals surface area contributed by atoms with Crippen molar-refractivity contribution in [2.45, 2.75) is 45.6 Å². The highest BCUT2D eigenvalue weighted by Crippen LogP contribution is 2.41. The number of H-pyrrole nitrogens is 1. The molecule has 7 nitrogen and oxygen atoms in total. The fourth-order valence-corrected chi connectivity index (χ4v) is 3.69. The van der Waals surface area contributed by atoms with Gasteiger partial charge < -0.3 is 10.3 Å². The highest BCUT2D eigenvalue weighted by molar-refractivity contribution is 6.32. The Morgan fingerprint density at radius 3 is 2.85 bits per heavy atom. The molecule has 3 heterocycles. The maximum absolute atomic E-state index is 12.4. The molecule has 0 unspecified atom stereocenters. The lowest BCUT2D eigenvalue weighted by Crippen LogP contribution is -2.17. The van der Waals surface area contributed by atoms with E-state index in [1.807, 2.05) is 6.08 Å². The Hall–Kier alpha value is -2.80. The Labute approximate surface area is 158 Å². The van der Waals surface area contributed by atoms with Crippen LogP contribution in [-0.2, 0) is 11.3 Å². The van der Waals surface area contributed by atoms with E-state index in [4.69, 9.17) is 0 Å². The lowest BCUT2D eigenvalue weighted by Gasteiger charge is -2.27. The number of carbonyl (C=O) groups excluding carboxylic acids is 1. The number of hydrazone groups is 1. The van der Waals surface area contributed by atoms with Crippen molar-refractivity contribution in [3.8, 4) is 0 Å². The minimum atomic E-state index is -0.212. The maximum Gasteiger partial charge on any atom is 0.273 e. The first-order valence-electron chi connectivity index (χ1n) is 9.47. The Morgan fingerprint density at radius 1 is 1.33 bits per heavy atom. The molecule has 1 aliphatic carbocycles. The average molecular weight is 364 g/mol. The first kappa shape index (κ1) is 17.6. The van der Waals surface area contributed by atoms with E-state index in [9.17, 15) is 4.79 Å². The van der Waals surface area contributed by atoms with Crippen molar-refractivity contribution in [2.75, 3.05) is 6.54 Å². The third-order valence-electron chi connectivity index (χ3n) is 5.32. The maximum atomic E-state index is 12.4. The second-order valence-corrected chi connectivity index (χ2v) is 7.01. The summed E-state index contributed by atoms with van der Waals surface area (Å²) in [5.41, 5.74) is 9.02. The molecule has 3 N–H and O–H groups in total. The number of aromatic nitrogens is 3. The minimum absolute atomic E-state index is 0.212. The number of rotatable bonds is 6. The molecule has 1 saturated carbocycles. The summed E-state index contributed by atoms with van der Waals surface area (Å²) in [6, 6.07) is 0. The van der Waals surface area contributed by atoms with Crippen molar-refractivity contribution < 1.29 is 4.79 Å². The number of nitrogens with one attached hydrogen (secondary N) is 3. The van der Waals surface area contributed by atoms with Crippen LogP contribution in [0.4, 0.5) is 0 Å². The highest BCUT2D eigenvalue weighted by atomic mass is 16.2. The van der Waals surface area contributed by atoms with Gasteiger partial charge in [-0.05, 0) is 49.4 Å². The molecule has 27 heavy (non-hydrogen) atoms. The lowest BCUT2D eigenvalue weighted by atomic mass is 9.78. The summed E-state index contributed by atoms with van der Waals surface area (Å²) in [7, 11) is 0. The molecule has 140 valence electrons. The van der Waals surface area contributed by atoms with Gasteiger partial charge >= 0.3 is 0 Å². The molecular formula is C20H24N6O. The monoisotopic (exact) mass is 364 g/mol. The smallest absolute Gasteiger partial charge is 0.273 e. The number of hydrogen-bond acceptors (Lipinski definition) is 5. The van der Waals surface area contributed by atoms with Crippen molar-refractivity contribution in [2.24, 2.45) is 5.10 Å². The molecule has 0 saturated heterocycles. The predicted octanol–water partition coefficient (Wildman–Crippen LogP) is 2.41. The largest absolute Gasteiger partial charge is 0.359 e. The molecule has 0 atom stereocenters. The van der Waals surface area contributed by atoms with Crippen LogP contribution in [0.5, 0.6) is 0 Å². The first-order valence-corrected chi connectivity index (χ1v) is 9.47. The summed E-state index contributed by atoms with van der Waals surface area (Å²) in [6.45, 7) is 5.98. The van der Waals surface area contributed by atoms with Crippen molar-refractivity contribution in [3.63, 3.8) is 0 Å². The van der Waals surface area contributed by atoms with E-state index < -0.39 is 0 Å². The third kappa shape index (κ3) is 3.30. The number of amides is 1. The topological polar surface area (TPSA) is 95.1 Å². The molecule has 2 aliphatic rings. The predicted molar refractivity (Wildman–Crippen MR) is 104 cm³/mol. The van der Waals surface area contributed by atoms with E-state index >= 15 is 0 Å². The number of carbonyl (C=O) groups is 1. The van der Waals surface area contributed by atoms with Crippen LogP contribution in [0, 0.1) is 6.92 Å². The van der Waals surface area contributed by atoms with Crippen LogP contribution >= 0.6 is 0 Å². The second kappa shape index (κ2) is 7.44. The molecule has 2 aromatic rings. The van der Waals surface area contributed by atoms with Gasteiger partial charge in [0.2, 0.25) is 0 Å². The molecule has 0 bridgehead atoms. The van der Waals surface area contributed by atoms with E-state index in [2.05, 4.69) is 44.6 Å². The van der Waals surface area contributed by atoms with Gasteiger partial charge in [-0.15, -0.1) is 0 Å². The van der Waals surface area contributed by atoms with Crippen molar-refractivity contribution in [1.82, 2.24) is 25.7 Å². The fraction of sp³-hybridized carbons (Fsp3) is 0.400. The quantitative estimate of drug-likeness (QED) is 0.686. The van der Waals surface area contributed by atoms with Crippen molar-refractivity contribution in [3.05, 3.63) is 52.4 Å². The molecule has 2 aromatic heterocycles. The Kier molecular flexibility index (Phi) is 4.85. The molecule has 0 radical (unpaired) electrons. The highest BCUT2D eigenvalue weighted by Gasteiger charge is 2.30. The second-order valence-electron chi connectivity index (χ2n) is 7.01. The van der Waals surface area contributed by atoms with Gasteiger partial charge in [-0.2, -0.15) is 5.10 Å². The normalized spacial score (nSPS) is 18.5. The number of aromatic amines is 1. The molecule has 7 heteroatoms. The number of aryl methyl sites for hydroxylation is 1. The van der Waals surface area contributed by atoms with E-state index in [1.165, 1.54) is 30.4 Å². The fourth-order valence-electron chi connectivity index (χ4n) is 3.69. The zero-order valence-corrected chi connectivity index (χ0v) is 15.7. The van der Waals surface area contributed by atoms with Gasteiger partial charge in [0.05, 0.1) is 11.8 Å². The first-order chi connectivity index (χ1) is 13.2. The summed E-state index contributed by atoms with van der Waals surface area (Å²) in [6.07, 6.45) is 10.4. The summed E-state index contributed by atoms with van der Waals surface area (Å²) >= 11 is 0. The molecular weight excluding hydrogens is 340 g/mol. The molecule has 0 spiro atoms. The molecule has 1 fully saturated rings. The van der Waals surface area contributed by atoms with Gasteiger partial charge in [0, 0.05) is 30.3 Å². The van der Waals surface area contributed by atoms with Crippen LogP contribution in [-0.4, -0.2) is 33.1 Å². The van der Waals surface area contributed by atoms with Crippen molar-refractivity contribution >= 4 is 17.7 Å². The molecule has 0 aromatic carbocycles. The minimum Gasteiger partial charge on any atom is -0.359 e. The molecule has 1 aliphatic heterocycles. The summed E-state index contributed by atoms with van der Waals surface area (Å²) < 4.78 is 0. The van der Waals surface area contributed by atoms with E-state index in [0.717, 1.165) is 24.5 Å². The number of nitrogens with zero attached hydrogens (tertiary/aromatic N) is 3. The summed E-state index contributed by atoms with van der Waals surface area (Å²) in [5, 5.41) is 7.61. The van der Waals surface area contributed by atoms with Crippen LogP contribution in [0.25, 0.3) is 6.08 Å². The zero-order chi connectivity index (χ0) is 18.8. The molecule has 1 amide bonds. The Bertz CT molecular complexity index is 908. The van der Waals surface area contributed by atoms with Crippen molar-refractivity contribution in [1.29, 1.82) is 0 Å². The van der Waals surface area contributed by atoms with Crippen LogP contribution in [0.15, 0.2) is 29.3 Å². The van der Waals surface area contributed by atoms with Gasteiger partial charge in [0.25, 0.3) is 5.91 Å². The third-order valence-corrected chi connectivity index (χ3v) is 5.32. The molecule has 4 rings (SSSR count). The van der Waals surface area contributed by atoms with Crippen LogP contribution in [0.2, 0.25) is 0 Å². The van der Waals surface area contributed by atoms with Gasteiger partial charge in [0.15, 0.2) is 0 Å². The van der Waals surface area contributed by atoms with Gasteiger partial charge in [0.1, 0.15) is 11.4 Å². The van der Waals surface area contributed by atoms with Crippen LogP contribution in [0.1, 0.15) is 60.3 Å². The van der Waals surface area contributed by atoms with Crippen LogP contribution in [0.3, 0.4) is 0 Å². The standard InChI is InChI=1S/C20H24N6O/c1-3-21-10-15-12(2)24-16(18(15)13-5-4-6-13)9-14-19(25-26-20(14)27)17-11-22-7-8-23-17/h7-9,11,13,21,24H,3-6,10H2,1-2H3,(H,26,27). The Balaban J connectivity index is 1.76. The van der Waals surface area contributed by atoms with Gasteiger partial charge in [-0.25, -0.2) is 5.43 Å². The van der Waals surface area contributed by atoms with E-state index in [0.29, 0.717) is 22.9 Å². The number of hydrogen-bond donors (Lipinski definition) is 3. The lowest BCUT2D eigenvalue weighted by molar-refractivity contribution is -0.116. The summed E-state index contributed by atoms with van der Waals surface area (Å²) in [4.78, 5) is 24.3. The van der Waals surface area contributed by atoms with Crippen LogP contribution < -0.4 is 10.7 Å². The average Bonchev–Trinajstić information content (AvgIpc) is 3.14. The summed E-state index contributed by atoms with van der Waals surface area (Å²) in [5.74, 6) is 0.340. The Morgan fingerprint density at radius 2 is 2.19 bits per heavy atom. The zero-order valence-electron chi connectivity index (χ0n) is 15.7.